The van der Waals surface area contributed by atoms with Gasteiger partial charge in [-0.2, -0.15) is 0 Å². The van der Waals surface area contributed by atoms with Gasteiger partial charge < -0.3 is 15.3 Å². The fourth-order valence-electron chi connectivity index (χ4n) is 2.06. The van der Waals surface area contributed by atoms with Crippen LogP contribution in [0.25, 0.3) is 0 Å². The van der Waals surface area contributed by atoms with Crippen LogP contribution in [0.5, 0.6) is 0 Å². The van der Waals surface area contributed by atoms with Gasteiger partial charge in [0.1, 0.15) is 0 Å². The average Bonchev–Trinajstić information content (AvgIpc) is 2.72. The van der Waals surface area contributed by atoms with Gasteiger partial charge in [-0.3, -0.25) is 4.79 Å². The summed E-state index contributed by atoms with van der Waals surface area (Å²) in [6.45, 7) is 2.20. The second kappa shape index (κ2) is 4.96. The van der Waals surface area contributed by atoms with Crippen molar-refractivity contribution in [1.82, 2.24) is 10.2 Å². The van der Waals surface area contributed by atoms with Crippen molar-refractivity contribution in [3.05, 3.63) is 0 Å². The zero-order chi connectivity index (χ0) is 9.26. The van der Waals surface area contributed by atoms with E-state index in [9.17, 15) is 9.90 Å². The highest BCUT2D eigenvalue weighted by Crippen LogP contribution is 2.14. The van der Waals surface area contributed by atoms with Crippen molar-refractivity contribution in [2.24, 2.45) is 0 Å². The molecule has 2 N–H and O–H groups in total. The van der Waals surface area contributed by atoms with Crippen molar-refractivity contribution in [3.63, 3.8) is 0 Å². The fraction of sp³-hybridized carbons (Fsp3) is 0.889. The zero-order valence-electron chi connectivity index (χ0n) is 8.11. The molecule has 2 aliphatic rings. The van der Waals surface area contributed by atoms with Gasteiger partial charge in [-0.15, -0.1) is 12.4 Å². The Bertz CT molecular complexity index is 207. The van der Waals surface area contributed by atoms with Crippen LogP contribution in [0.2, 0.25) is 0 Å². The molecule has 14 heavy (non-hydrogen) atoms. The summed E-state index contributed by atoms with van der Waals surface area (Å²) in [5.41, 5.74) is 0. The number of carbonyl (C=O) groups is 1. The normalized spacial score (nSPS) is 31.6. The largest absolute Gasteiger partial charge is 0.391 e. The van der Waals surface area contributed by atoms with Crippen LogP contribution in [0.15, 0.2) is 0 Å². The molecule has 0 aromatic carbocycles. The number of β-amino-alcohol motifs (C(OH)–C–C–N with tert-alkyl or cyclic N) is 1. The molecule has 2 saturated heterocycles. The number of likely N-dealkylation sites (tertiary alicyclic amines) is 1. The van der Waals surface area contributed by atoms with Crippen LogP contribution in [0.4, 0.5) is 0 Å². The van der Waals surface area contributed by atoms with Crippen molar-refractivity contribution in [3.8, 4) is 0 Å². The molecule has 2 aliphatic heterocycles. The predicted molar refractivity (Wildman–Crippen MR) is 55.5 cm³/mol. The van der Waals surface area contributed by atoms with Gasteiger partial charge in [-0.05, 0) is 25.8 Å². The highest BCUT2D eigenvalue weighted by Gasteiger charge is 2.31. The van der Waals surface area contributed by atoms with Gasteiger partial charge in [0.15, 0.2) is 0 Å². The van der Waals surface area contributed by atoms with E-state index >= 15 is 0 Å². The number of amides is 1. The van der Waals surface area contributed by atoms with Gasteiger partial charge in [-0.25, -0.2) is 0 Å². The van der Waals surface area contributed by atoms with Crippen molar-refractivity contribution in [1.29, 1.82) is 0 Å². The van der Waals surface area contributed by atoms with Crippen molar-refractivity contribution < 1.29 is 9.90 Å². The minimum atomic E-state index is -0.301. The SMILES string of the molecule is Cl.O=C(C1CCCN1)N1CCC(O)C1. The molecule has 2 atom stereocenters. The number of hydrogen-bond donors (Lipinski definition) is 2. The molecule has 0 radical (unpaired) electrons. The van der Waals surface area contributed by atoms with Crippen molar-refractivity contribution >= 4 is 18.3 Å². The van der Waals surface area contributed by atoms with Crippen molar-refractivity contribution in [2.45, 2.75) is 31.4 Å². The Balaban J connectivity index is 0.000000980. The number of rotatable bonds is 1. The van der Waals surface area contributed by atoms with Crippen LogP contribution < -0.4 is 5.32 Å². The van der Waals surface area contributed by atoms with Crippen LogP contribution >= 0.6 is 12.4 Å². The topological polar surface area (TPSA) is 52.6 Å². The standard InChI is InChI=1S/C9H16N2O2.ClH/c12-7-3-5-11(6-7)9(13)8-2-1-4-10-8;/h7-8,10,12H,1-6H2;1H. The third kappa shape index (κ3) is 2.38. The minimum Gasteiger partial charge on any atom is -0.391 e. The number of nitrogens with one attached hydrogen (secondary N) is 1. The molecule has 0 aromatic heterocycles. The lowest BCUT2D eigenvalue weighted by Crippen LogP contribution is -2.42. The quantitative estimate of drug-likeness (QED) is 0.641. The summed E-state index contributed by atoms with van der Waals surface area (Å²) in [6.07, 6.45) is 2.47. The third-order valence-electron chi connectivity index (χ3n) is 2.83. The summed E-state index contributed by atoms with van der Waals surface area (Å²) in [5, 5.41) is 12.5. The Morgan fingerprint density at radius 1 is 1.43 bits per heavy atom. The molecule has 2 heterocycles. The van der Waals surface area contributed by atoms with E-state index in [1.165, 1.54) is 0 Å². The number of nitrogens with zero attached hydrogens (tertiary/aromatic N) is 1. The molecule has 0 aliphatic carbocycles. The average molecular weight is 221 g/mol. The van der Waals surface area contributed by atoms with E-state index in [4.69, 9.17) is 0 Å². The molecule has 0 saturated carbocycles. The van der Waals surface area contributed by atoms with E-state index in [0.29, 0.717) is 6.54 Å². The van der Waals surface area contributed by atoms with E-state index in [1.54, 1.807) is 4.90 Å². The van der Waals surface area contributed by atoms with Gasteiger partial charge in [-0.1, -0.05) is 0 Å². The smallest absolute Gasteiger partial charge is 0.239 e. The number of carbonyl (C=O) groups excluding carboxylic acids is 1. The van der Waals surface area contributed by atoms with E-state index in [2.05, 4.69) is 5.32 Å². The molecule has 0 bridgehead atoms. The molecule has 2 unspecified atom stereocenters. The molecule has 82 valence electrons. The zero-order valence-corrected chi connectivity index (χ0v) is 8.92. The van der Waals surface area contributed by atoms with Gasteiger partial charge in [0.25, 0.3) is 0 Å². The van der Waals surface area contributed by atoms with E-state index in [1.807, 2.05) is 0 Å². The summed E-state index contributed by atoms with van der Waals surface area (Å²) in [5.74, 6) is 0.175. The van der Waals surface area contributed by atoms with E-state index < -0.39 is 0 Å². The Labute approximate surface area is 90.1 Å². The molecule has 0 spiro atoms. The van der Waals surface area contributed by atoms with Gasteiger partial charge in [0.05, 0.1) is 12.1 Å². The Kier molecular flexibility index (Phi) is 4.16. The summed E-state index contributed by atoms with van der Waals surface area (Å²) >= 11 is 0. The highest BCUT2D eigenvalue weighted by molar-refractivity contribution is 5.85. The highest BCUT2D eigenvalue weighted by atomic mass is 35.5. The van der Waals surface area contributed by atoms with Crippen LogP contribution in [0.1, 0.15) is 19.3 Å². The molecule has 2 fully saturated rings. The molecule has 0 aromatic rings. The fourth-order valence-corrected chi connectivity index (χ4v) is 2.06. The lowest BCUT2D eigenvalue weighted by Gasteiger charge is -2.19. The van der Waals surface area contributed by atoms with Crippen LogP contribution in [-0.2, 0) is 4.79 Å². The van der Waals surface area contributed by atoms with Gasteiger partial charge >= 0.3 is 0 Å². The van der Waals surface area contributed by atoms with E-state index in [0.717, 1.165) is 32.4 Å². The first kappa shape index (κ1) is 11.8. The summed E-state index contributed by atoms with van der Waals surface area (Å²) in [6, 6.07) is 0.0188. The molecule has 2 rings (SSSR count). The Hall–Kier alpha value is -0.320. The first-order valence-electron chi connectivity index (χ1n) is 4.97. The molecular formula is C9H17ClN2O2. The summed E-state index contributed by atoms with van der Waals surface area (Å²) in [7, 11) is 0. The Morgan fingerprint density at radius 3 is 2.71 bits per heavy atom. The lowest BCUT2D eigenvalue weighted by molar-refractivity contribution is -0.132. The maximum atomic E-state index is 11.7. The Morgan fingerprint density at radius 2 is 2.21 bits per heavy atom. The second-order valence-corrected chi connectivity index (χ2v) is 3.88. The van der Waals surface area contributed by atoms with Crippen LogP contribution in [0.3, 0.4) is 0 Å². The molecule has 5 heteroatoms. The molecule has 4 nitrogen and oxygen atoms in total. The van der Waals surface area contributed by atoms with Gasteiger partial charge in [0, 0.05) is 13.1 Å². The summed E-state index contributed by atoms with van der Waals surface area (Å²) in [4.78, 5) is 13.5. The monoisotopic (exact) mass is 220 g/mol. The van der Waals surface area contributed by atoms with Crippen LogP contribution in [-0.4, -0.2) is 47.7 Å². The van der Waals surface area contributed by atoms with Crippen LogP contribution in [0, 0.1) is 0 Å². The first-order chi connectivity index (χ1) is 6.27. The second-order valence-electron chi connectivity index (χ2n) is 3.88. The number of hydrogen-bond acceptors (Lipinski definition) is 3. The number of halogens is 1. The number of aliphatic hydroxyl groups is 1. The predicted octanol–water partition coefficient (Wildman–Crippen LogP) is -0.247. The summed E-state index contributed by atoms with van der Waals surface area (Å²) < 4.78 is 0. The van der Waals surface area contributed by atoms with E-state index in [-0.39, 0.29) is 30.5 Å². The van der Waals surface area contributed by atoms with Crippen molar-refractivity contribution in [2.75, 3.05) is 19.6 Å². The third-order valence-corrected chi connectivity index (χ3v) is 2.83. The lowest BCUT2D eigenvalue weighted by atomic mass is 10.2. The number of aliphatic hydroxyl groups excluding tert-OH is 1. The molecular weight excluding hydrogens is 204 g/mol. The maximum absolute atomic E-state index is 11.7. The van der Waals surface area contributed by atoms with Gasteiger partial charge in [0.2, 0.25) is 5.91 Å². The minimum absolute atomic E-state index is 0. The first-order valence-corrected chi connectivity index (χ1v) is 4.97. The maximum Gasteiger partial charge on any atom is 0.239 e. The molecule has 1 amide bonds.